The summed E-state index contributed by atoms with van der Waals surface area (Å²) in [6.45, 7) is 3.87. The van der Waals surface area contributed by atoms with Crippen LogP contribution >= 0.6 is 0 Å². The number of phenolic OH excluding ortho intramolecular Hbond substituents is 1. The number of aromatic hydroxyl groups is 1. The quantitative estimate of drug-likeness (QED) is 0.571. The van der Waals surface area contributed by atoms with E-state index in [4.69, 9.17) is 5.73 Å². The Hall–Kier alpha value is -2.49. The van der Waals surface area contributed by atoms with Gasteiger partial charge in [-0.3, -0.25) is 4.79 Å². The lowest BCUT2D eigenvalue weighted by Crippen LogP contribution is -2.14. The highest BCUT2D eigenvalue weighted by Gasteiger charge is 2.10. The van der Waals surface area contributed by atoms with Crippen LogP contribution in [0.5, 0.6) is 5.75 Å². The summed E-state index contributed by atoms with van der Waals surface area (Å²) in [6, 6.07) is 10.1. The number of hydrogen-bond acceptors (Lipinski definition) is 3. The number of aryl methyl sites for hydroxylation is 2. The highest BCUT2D eigenvalue weighted by molar-refractivity contribution is 6.06. The molecule has 19 heavy (non-hydrogen) atoms. The predicted molar refractivity (Wildman–Crippen MR) is 76.4 cm³/mol. The van der Waals surface area contributed by atoms with Gasteiger partial charge in [-0.25, -0.2) is 0 Å². The molecule has 0 saturated carbocycles. The van der Waals surface area contributed by atoms with E-state index in [1.165, 1.54) is 12.1 Å². The second-order valence-electron chi connectivity index (χ2n) is 4.54. The fourth-order valence-electron chi connectivity index (χ4n) is 1.92. The van der Waals surface area contributed by atoms with Gasteiger partial charge in [0.2, 0.25) is 0 Å². The van der Waals surface area contributed by atoms with Crippen LogP contribution in [-0.4, -0.2) is 11.0 Å². The van der Waals surface area contributed by atoms with Crippen LogP contribution in [0.4, 0.5) is 11.4 Å². The molecule has 0 fully saturated rings. The normalized spacial score (nSPS) is 10.2. The van der Waals surface area contributed by atoms with Gasteiger partial charge in [0.25, 0.3) is 5.91 Å². The summed E-state index contributed by atoms with van der Waals surface area (Å²) in [5.74, 6) is -0.142. The van der Waals surface area contributed by atoms with E-state index in [9.17, 15) is 9.90 Å². The van der Waals surface area contributed by atoms with E-state index < -0.39 is 0 Å². The molecule has 0 aliphatic carbocycles. The Labute approximate surface area is 111 Å². The first-order valence-corrected chi connectivity index (χ1v) is 5.94. The maximum Gasteiger partial charge on any atom is 0.255 e. The summed E-state index contributed by atoms with van der Waals surface area (Å²) >= 11 is 0. The van der Waals surface area contributed by atoms with Crippen LogP contribution < -0.4 is 11.1 Å². The number of rotatable bonds is 2. The first kappa shape index (κ1) is 13.0. The van der Waals surface area contributed by atoms with E-state index in [2.05, 4.69) is 5.32 Å². The largest absolute Gasteiger partial charge is 0.508 e. The minimum atomic E-state index is -0.213. The minimum absolute atomic E-state index is 0.0713. The zero-order valence-corrected chi connectivity index (χ0v) is 10.9. The number of carbonyl (C=O) groups is 1. The number of hydrogen-bond donors (Lipinski definition) is 3. The van der Waals surface area contributed by atoms with E-state index >= 15 is 0 Å². The third kappa shape index (κ3) is 2.85. The van der Waals surface area contributed by atoms with Crippen molar-refractivity contribution in [3.8, 4) is 5.75 Å². The summed E-state index contributed by atoms with van der Waals surface area (Å²) in [5, 5.41) is 12.0. The van der Waals surface area contributed by atoms with Gasteiger partial charge in [-0.2, -0.15) is 0 Å². The minimum Gasteiger partial charge on any atom is -0.508 e. The third-order valence-electron chi connectivity index (χ3n) is 2.91. The van der Waals surface area contributed by atoms with Gasteiger partial charge < -0.3 is 16.2 Å². The molecule has 2 aromatic rings. The van der Waals surface area contributed by atoms with Crippen molar-refractivity contribution in [1.82, 2.24) is 0 Å². The van der Waals surface area contributed by atoms with Gasteiger partial charge in [0, 0.05) is 11.6 Å². The van der Waals surface area contributed by atoms with E-state index in [-0.39, 0.29) is 11.7 Å². The van der Waals surface area contributed by atoms with E-state index in [0.717, 1.165) is 11.1 Å². The van der Waals surface area contributed by atoms with Gasteiger partial charge in [-0.15, -0.1) is 0 Å². The van der Waals surface area contributed by atoms with Crippen molar-refractivity contribution in [2.45, 2.75) is 13.8 Å². The average molecular weight is 256 g/mol. The van der Waals surface area contributed by atoms with Crippen molar-refractivity contribution in [1.29, 1.82) is 0 Å². The zero-order valence-electron chi connectivity index (χ0n) is 10.9. The van der Waals surface area contributed by atoms with Crippen LogP contribution in [0.2, 0.25) is 0 Å². The molecule has 4 N–H and O–H groups in total. The topological polar surface area (TPSA) is 75.3 Å². The second kappa shape index (κ2) is 5.02. The summed E-state index contributed by atoms with van der Waals surface area (Å²) in [4.78, 5) is 12.2. The van der Waals surface area contributed by atoms with Gasteiger partial charge in [0.05, 0.1) is 11.4 Å². The Kier molecular flexibility index (Phi) is 3.42. The Balaban J connectivity index is 2.25. The SMILES string of the molecule is Cc1ccc(C(=O)Nc2ccc(O)cc2N)c(C)c1. The summed E-state index contributed by atoms with van der Waals surface area (Å²) in [6.07, 6.45) is 0. The molecule has 98 valence electrons. The van der Waals surface area contributed by atoms with Crippen LogP contribution in [0, 0.1) is 13.8 Å². The van der Waals surface area contributed by atoms with Crippen molar-refractivity contribution in [3.05, 3.63) is 53.1 Å². The molecule has 0 heterocycles. The number of anilines is 2. The van der Waals surface area contributed by atoms with Crippen molar-refractivity contribution in [2.24, 2.45) is 0 Å². The Morgan fingerprint density at radius 2 is 1.89 bits per heavy atom. The number of benzene rings is 2. The van der Waals surface area contributed by atoms with E-state index in [0.29, 0.717) is 16.9 Å². The lowest BCUT2D eigenvalue weighted by atomic mass is 10.1. The Morgan fingerprint density at radius 1 is 1.16 bits per heavy atom. The molecule has 0 radical (unpaired) electrons. The lowest BCUT2D eigenvalue weighted by Gasteiger charge is -2.10. The first-order chi connectivity index (χ1) is 8.97. The van der Waals surface area contributed by atoms with Gasteiger partial charge in [-0.1, -0.05) is 17.7 Å². The number of nitrogen functional groups attached to an aromatic ring is 1. The standard InChI is InChI=1S/C15H16N2O2/c1-9-3-5-12(10(2)7-9)15(19)17-14-6-4-11(18)8-13(14)16/h3-8,18H,16H2,1-2H3,(H,17,19). The highest BCUT2D eigenvalue weighted by atomic mass is 16.3. The van der Waals surface area contributed by atoms with Crippen molar-refractivity contribution >= 4 is 17.3 Å². The summed E-state index contributed by atoms with van der Waals surface area (Å²) in [7, 11) is 0. The predicted octanol–water partition coefficient (Wildman–Crippen LogP) is 2.84. The molecule has 0 aromatic heterocycles. The van der Waals surface area contributed by atoms with E-state index in [1.807, 2.05) is 26.0 Å². The number of nitrogens with one attached hydrogen (secondary N) is 1. The molecular formula is C15H16N2O2. The molecular weight excluding hydrogens is 240 g/mol. The molecule has 1 amide bonds. The monoisotopic (exact) mass is 256 g/mol. The summed E-state index contributed by atoms with van der Waals surface area (Å²) < 4.78 is 0. The maximum atomic E-state index is 12.2. The zero-order chi connectivity index (χ0) is 14.0. The van der Waals surface area contributed by atoms with Crippen LogP contribution in [-0.2, 0) is 0 Å². The fourth-order valence-corrected chi connectivity index (χ4v) is 1.92. The number of carbonyl (C=O) groups excluding carboxylic acids is 1. The van der Waals surface area contributed by atoms with Crippen molar-refractivity contribution in [3.63, 3.8) is 0 Å². The highest BCUT2D eigenvalue weighted by Crippen LogP contribution is 2.24. The average Bonchev–Trinajstić information content (AvgIpc) is 2.32. The molecule has 0 bridgehead atoms. The van der Waals surface area contributed by atoms with Gasteiger partial charge >= 0.3 is 0 Å². The molecule has 4 heteroatoms. The summed E-state index contributed by atoms with van der Waals surface area (Å²) in [5.41, 5.74) is 9.19. The van der Waals surface area contributed by atoms with Gasteiger partial charge in [0.15, 0.2) is 0 Å². The molecule has 0 saturated heterocycles. The smallest absolute Gasteiger partial charge is 0.255 e. The van der Waals surface area contributed by atoms with Crippen molar-refractivity contribution < 1.29 is 9.90 Å². The molecule has 2 aromatic carbocycles. The first-order valence-electron chi connectivity index (χ1n) is 5.94. The number of nitrogens with two attached hydrogens (primary N) is 1. The molecule has 0 aliphatic heterocycles. The van der Waals surface area contributed by atoms with Crippen LogP contribution in [0.1, 0.15) is 21.5 Å². The van der Waals surface area contributed by atoms with Gasteiger partial charge in [0.1, 0.15) is 5.75 Å². The molecule has 0 unspecified atom stereocenters. The third-order valence-corrected chi connectivity index (χ3v) is 2.91. The molecule has 2 rings (SSSR count). The van der Waals surface area contributed by atoms with E-state index in [1.54, 1.807) is 12.1 Å². The fraction of sp³-hybridized carbons (Fsp3) is 0.133. The van der Waals surface area contributed by atoms with Crippen LogP contribution in [0.25, 0.3) is 0 Å². The molecule has 4 nitrogen and oxygen atoms in total. The maximum absolute atomic E-state index is 12.2. The second-order valence-corrected chi connectivity index (χ2v) is 4.54. The molecule has 0 aliphatic rings. The van der Waals surface area contributed by atoms with Crippen LogP contribution in [0.15, 0.2) is 36.4 Å². The lowest BCUT2D eigenvalue weighted by molar-refractivity contribution is 0.102. The Morgan fingerprint density at radius 3 is 2.53 bits per heavy atom. The number of amides is 1. The Bertz CT molecular complexity index is 636. The molecule has 0 spiro atoms. The van der Waals surface area contributed by atoms with Crippen LogP contribution in [0.3, 0.4) is 0 Å². The van der Waals surface area contributed by atoms with Crippen molar-refractivity contribution in [2.75, 3.05) is 11.1 Å². The number of phenols is 1. The molecule has 0 atom stereocenters. The van der Waals surface area contributed by atoms with Gasteiger partial charge in [-0.05, 0) is 37.6 Å².